The molecule has 2 heterocycles. The molecule has 112 valence electrons. The summed E-state index contributed by atoms with van der Waals surface area (Å²) in [6, 6.07) is 9.93. The molecule has 3 aromatic rings. The van der Waals surface area contributed by atoms with Crippen LogP contribution in [0.3, 0.4) is 0 Å². The van der Waals surface area contributed by atoms with Gasteiger partial charge in [0.15, 0.2) is 5.13 Å². The lowest BCUT2D eigenvalue weighted by Crippen LogP contribution is -2.38. The van der Waals surface area contributed by atoms with Crippen molar-refractivity contribution in [2.45, 2.75) is 25.3 Å². The molecule has 1 aromatic carbocycles. The first-order chi connectivity index (χ1) is 10.7. The fourth-order valence-electron chi connectivity index (χ4n) is 2.98. The van der Waals surface area contributed by atoms with Crippen molar-refractivity contribution in [3.63, 3.8) is 0 Å². The van der Waals surface area contributed by atoms with Gasteiger partial charge in [-0.1, -0.05) is 18.2 Å². The number of nitrogens with two attached hydrogens (primary N) is 1. The first-order valence-electron chi connectivity index (χ1n) is 7.32. The lowest BCUT2D eigenvalue weighted by Gasteiger charge is -2.22. The van der Waals surface area contributed by atoms with E-state index in [9.17, 15) is 4.79 Å². The minimum absolute atomic E-state index is 0.0536. The number of carbonyl (C=O) groups excluding carboxylic acids is 1. The van der Waals surface area contributed by atoms with E-state index in [4.69, 9.17) is 5.73 Å². The van der Waals surface area contributed by atoms with Gasteiger partial charge < -0.3 is 16.0 Å². The Balaban J connectivity index is 1.50. The van der Waals surface area contributed by atoms with Gasteiger partial charge in [-0.2, -0.15) is 0 Å². The quantitative estimate of drug-likeness (QED) is 0.680. The molecule has 0 aliphatic heterocycles. The predicted molar refractivity (Wildman–Crippen MR) is 88.1 cm³/mol. The number of nitrogens with zero attached hydrogens (tertiary/aromatic N) is 1. The Hall–Kier alpha value is -2.34. The molecule has 2 aromatic heterocycles. The Bertz CT molecular complexity index is 818. The highest BCUT2D eigenvalue weighted by Gasteiger charge is 2.24. The number of thiazole rings is 1. The molecule has 0 saturated heterocycles. The zero-order valence-electron chi connectivity index (χ0n) is 11.9. The Labute approximate surface area is 131 Å². The summed E-state index contributed by atoms with van der Waals surface area (Å²) in [5, 5.41) is 4.78. The number of nitrogens with one attached hydrogen (secondary N) is 2. The zero-order valence-corrected chi connectivity index (χ0v) is 12.7. The maximum atomic E-state index is 12.4. The van der Waals surface area contributed by atoms with Gasteiger partial charge in [-0.25, -0.2) is 4.98 Å². The van der Waals surface area contributed by atoms with Gasteiger partial charge in [-0.05, 0) is 25.0 Å². The van der Waals surface area contributed by atoms with Gasteiger partial charge in [0.1, 0.15) is 5.69 Å². The number of nitrogen functional groups attached to an aromatic ring is 1. The number of rotatable bonds is 2. The normalized spacial score (nSPS) is 17.4. The second-order valence-electron chi connectivity index (χ2n) is 5.61. The summed E-state index contributed by atoms with van der Waals surface area (Å²) in [7, 11) is 0. The van der Waals surface area contributed by atoms with E-state index in [-0.39, 0.29) is 11.9 Å². The number of amides is 1. The summed E-state index contributed by atoms with van der Waals surface area (Å²) >= 11 is 1.53. The number of aryl methyl sites for hydroxylation is 1. The van der Waals surface area contributed by atoms with Crippen LogP contribution in [0.4, 0.5) is 5.13 Å². The predicted octanol–water partition coefficient (Wildman–Crippen LogP) is 2.49. The fraction of sp³-hybridized carbons (Fsp3) is 0.250. The van der Waals surface area contributed by atoms with Crippen molar-refractivity contribution in [2.75, 3.05) is 5.73 Å². The molecule has 0 bridgehead atoms. The molecule has 0 unspecified atom stereocenters. The highest BCUT2D eigenvalue weighted by molar-refractivity contribution is 7.15. The summed E-state index contributed by atoms with van der Waals surface area (Å²) in [4.78, 5) is 21.1. The molecule has 0 spiro atoms. The average molecular weight is 312 g/mol. The average Bonchev–Trinajstić information content (AvgIpc) is 3.08. The highest BCUT2D eigenvalue weighted by atomic mass is 32.1. The second kappa shape index (κ2) is 5.14. The number of fused-ring (bicyclic) bond motifs is 2. The molecule has 0 saturated carbocycles. The molecule has 0 fully saturated rings. The number of benzene rings is 1. The van der Waals surface area contributed by atoms with Gasteiger partial charge in [0.25, 0.3) is 5.91 Å². The van der Waals surface area contributed by atoms with Crippen molar-refractivity contribution in [3.05, 3.63) is 46.6 Å². The van der Waals surface area contributed by atoms with E-state index in [0.717, 1.165) is 35.9 Å². The summed E-state index contributed by atoms with van der Waals surface area (Å²) in [5.41, 5.74) is 8.44. The van der Waals surface area contributed by atoms with Crippen LogP contribution in [-0.4, -0.2) is 21.9 Å². The third kappa shape index (κ3) is 2.35. The molecule has 6 heteroatoms. The third-order valence-corrected chi connectivity index (χ3v) is 5.02. The lowest BCUT2D eigenvalue weighted by molar-refractivity contribution is 0.0929. The van der Waals surface area contributed by atoms with Crippen molar-refractivity contribution in [2.24, 2.45) is 0 Å². The molecule has 0 radical (unpaired) electrons. The van der Waals surface area contributed by atoms with Crippen molar-refractivity contribution >= 4 is 33.3 Å². The minimum atomic E-state index is -0.0536. The van der Waals surface area contributed by atoms with E-state index in [0.29, 0.717) is 10.8 Å². The van der Waals surface area contributed by atoms with E-state index >= 15 is 0 Å². The summed E-state index contributed by atoms with van der Waals surface area (Å²) < 4.78 is 0. The number of aromatic nitrogens is 2. The molecule has 1 aliphatic rings. The van der Waals surface area contributed by atoms with Gasteiger partial charge in [0, 0.05) is 28.2 Å². The minimum Gasteiger partial charge on any atom is -0.375 e. The molecular weight excluding hydrogens is 296 g/mol. The maximum Gasteiger partial charge on any atom is 0.267 e. The molecule has 1 amide bonds. The van der Waals surface area contributed by atoms with Gasteiger partial charge in [0.2, 0.25) is 0 Å². The van der Waals surface area contributed by atoms with Gasteiger partial charge in [0.05, 0.1) is 5.69 Å². The lowest BCUT2D eigenvalue weighted by atomic mass is 9.97. The van der Waals surface area contributed by atoms with E-state index < -0.39 is 0 Å². The summed E-state index contributed by atoms with van der Waals surface area (Å²) in [6.45, 7) is 0. The van der Waals surface area contributed by atoms with Crippen molar-refractivity contribution < 1.29 is 4.79 Å². The Morgan fingerprint density at radius 3 is 3.14 bits per heavy atom. The Kier molecular flexibility index (Phi) is 3.11. The molecule has 1 atom stereocenters. The third-order valence-electron chi connectivity index (χ3n) is 4.07. The van der Waals surface area contributed by atoms with Crippen molar-refractivity contribution in [1.29, 1.82) is 0 Å². The number of carbonyl (C=O) groups is 1. The van der Waals surface area contributed by atoms with Crippen LogP contribution in [0.15, 0.2) is 30.3 Å². The van der Waals surface area contributed by atoms with Crippen molar-refractivity contribution in [1.82, 2.24) is 15.3 Å². The Morgan fingerprint density at radius 2 is 2.27 bits per heavy atom. The molecule has 4 rings (SSSR count). The van der Waals surface area contributed by atoms with Crippen LogP contribution in [0.25, 0.3) is 10.9 Å². The Morgan fingerprint density at radius 1 is 1.41 bits per heavy atom. The highest BCUT2D eigenvalue weighted by Crippen LogP contribution is 2.28. The zero-order chi connectivity index (χ0) is 15.1. The molecular formula is C16H16N4OS. The van der Waals surface area contributed by atoms with Gasteiger partial charge >= 0.3 is 0 Å². The smallest absolute Gasteiger partial charge is 0.267 e. The first-order valence-corrected chi connectivity index (χ1v) is 8.13. The van der Waals surface area contributed by atoms with Crippen LogP contribution < -0.4 is 11.1 Å². The summed E-state index contributed by atoms with van der Waals surface area (Å²) in [5.74, 6) is -0.0536. The number of hydrogen-bond acceptors (Lipinski definition) is 4. The number of aromatic amines is 1. The van der Waals surface area contributed by atoms with E-state index in [1.54, 1.807) is 0 Å². The fourth-order valence-corrected chi connectivity index (χ4v) is 3.94. The van der Waals surface area contributed by atoms with Crippen LogP contribution in [0.2, 0.25) is 0 Å². The van der Waals surface area contributed by atoms with Gasteiger partial charge in [-0.15, -0.1) is 11.3 Å². The van der Waals surface area contributed by atoms with Crippen LogP contribution in [0.5, 0.6) is 0 Å². The van der Waals surface area contributed by atoms with E-state index in [1.807, 2.05) is 30.3 Å². The molecule has 4 N–H and O–H groups in total. The van der Waals surface area contributed by atoms with Crippen LogP contribution in [0, 0.1) is 0 Å². The SMILES string of the molecule is Nc1nc2c(s1)C[C@@H](NC(=O)c1cc3ccccc3[nH]1)CC2. The number of H-pyrrole nitrogens is 1. The number of hydrogen-bond donors (Lipinski definition) is 3. The number of anilines is 1. The maximum absolute atomic E-state index is 12.4. The standard InChI is InChI=1S/C16H16N4OS/c17-16-20-12-6-5-10(8-14(12)22-16)18-15(21)13-7-9-3-1-2-4-11(9)19-13/h1-4,7,10,19H,5-6,8H2,(H2,17,20)(H,18,21)/t10-/m0/s1. The van der Waals surface area contributed by atoms with E-state index in [1.165, 1.54) is 16.2 Å². The van der Waals surface area contributed by atoms with Gasteiger partial charge in [-0.3, -0.25) is 4.79 Å². The van der Waals surface area contributed by atoms with Crippen LogP contribution >= 0.6 is 11.3 Å². The molecule has 5 nitrogen and oxygen atoms in total. The topological polar surface area (TPSA) is 83.8 Å². The molecule has 1 aliphatic carbocycles. The molecule has 22 heavy (non-hydrogen) atoms. The second-order valence-corrected chi connectivity index (χ2v) is 6.72. The largest absolute Gasteiger partial charge is 0.375 e. The first kappa shape index (κ1) is 13.3. The van der Waals surface area contributed by atoms with Crippen LogP contribution in [-0.2, 0) is 12.8 Å². The van der Waals surface area contributed by atoms with Crippen molar-refractivity contribution in [3.8, 4) is 0 Å². The van der Waals surface area contributed by atoms with E-state index in [2.05, 4.69) is 15.3 Å². The van der Waals surface area contributed by atoms with Crippen LogP contribution in [0.1, 0.15) is 27.5 Å². The monoisotopic (exact) mass is 312 g/mol. The number of para-hydroxylation sites is 1. The summed E-state index contributed by atoms with van der Waals surface area (Å²) in [6.07, 6.45) is 2.60.